The van der Waals surface area contributed by atoms with Gasteiger partial charge in [0.05, 0.1) is 0 Å². The van der Waals surface area contributed by atoms with Gasteiger partial charge in [0.2, 0.25) is 0 Å². The Labute approximate surface area is 181 Å². The van der Waals surface area contributed by atoms with Gasteiger partial charge in [-0.3, -0.25) is 9.78 Å². The van der Waals surface area contributed by atoms with Crippen LogP contribution in [-0.4, -0.2) is 52.9 Å². The summed E-state index contributed by atoms with van der Waals surface area (Å²) < 4.78 is 0. The molecule has 1 saturated heterocycles. The first-order chi connectivity index (χ1) is 14.7. The molecule has 0 spiro atoms. The molecule has 1 aromatic heterocycles. The van der Waals surface area contributed by atoms with Gasteiger partial charge in [0.15, 0.2) is 0 Å². The van der Waals surface area contributed by atoms with Crippen molar-refractivity contribution >= 4 is 5.91 Å². The fourth-order valence-electron chi connectivity index (χ4n) is 5.09. The zero-order valence-electron chi connectivity index (χ0n) is 18.3. The fourth-order valence-corrected chi connectivity index (χ4v) is 5.09. The van der Waals surface area contributed by atoms with Crippen LogP contribution in [-0.2, 0) is 6.42 Å². The lowest BCUT2D eigenvalue weighted by Crippen LogP contribution is -2.45. The smallest absolute Gasteiger partial charge is 0.272 e. The predicted molar refractivity (Wildman–Crippen MR) is 122 cm³/mol. The molecule has 1 aromatic carbocycles. The van der Waals surface area contributed by atoms with Crippen LogP contribution in [0.25, 0.3) is 0 Å². The van der Waals surface area contributed by atoms with Gasteiger partial charge in [0, 0.05) is 25.3 Å². The van der Waals surface area contributed by atoms with Crippen LogP contribution in [0.3, 0.4) is 0 Å². The maximum atomic E-state index is 13.2. The summed E-state index contributed by atoms with van der Waals surface area (Å²) in [4.78, 5) is 22.3. The second-order valence-electron chi connectivity index (χ2n) is 9.07. The minimum Gasteiger partial charge on any atom is -0.334 e. The van der Waals surface area contributed by atoms with Crippen LogP contribution in [0.15, 0.2) is 48.7 Å². The van der Waals surface area contributed by atoms with Crippen LogP contribution in [0.1, 0.15) is 60.1 Å². The third-order valence-corrected chi connectivity index (χ3v) is 7.03. The average molecular weight is 406 g/mol. The number of hydrogen-bond acceptors (Lipinski definition) is 3. The molecule has 1 saturated carbocycles. The Bertz CT molecular complexity index is 808. The molecule has 2 aliphatic rings. The van der Waals surface area contributed by atoms with Gasteiger partial charge < -0.3 is 9.80 Å². The first kappa shape index (κ1) is 21.0. The van der Waals surface area contributed by atoms with Gasteiger partial charge in [0.25, 0.3) is 5.91 Å². The number of rotatable bonds is 7. The van der Waals surface area contributed by atoms with Crippen LogP contribution < -0.4 is 0 Å². The highest BCUT2D eigenvalue weighted by Crippen LogP contribution is 2.28. The molecule has 0 atom stereocenters. The highest BCUT2D eigenvalue weighted by Gasteiger charge is 2.31. The van der Waals surface area contributed by atoms with E-state index >= 15 is 0 Å². The normalized spacial score (nSPS) is 18.6. The molecule has 0 bridgehead atoms. The number of carbonyl (C=O) groups is 1. The fraction of sp³-hybridized carbons (Fsp3) is 0.538. The van der Waals surface area contributed by atoms with E-state index in [1.165, 1.54) is 36.8 Å². The van der Waals surface area contributed by atoms with Gasteiger partial charge in [-0.05, 0) is 81.3 Å². The summed E-state index contributed by atoms with van der Waals surface area (Å²) in [6, 6.07) is 14.8. The Morgan fingerprint density at radius 2 is 1.77 bits per heavy atom. The number of hydrogen-bond donors (Lipinski definition) is 0. The molecule has 4 rings (SSSR count). The van der Waals surface area contributed by atoms with Crippen molar-refractivity contribution in [2.45, 2.75) is 57.9 Å². The number of likely N-dealkylation sites (tertiary alicyclic amines) is 1. The maximum Gasteiger partial charge on any atom is 0.272 e. The largest absolute Gasteiger partial charge is 0.334 e. The molecule has 4 heteroatoms. The van der Waals surface area contributed by atoms with E-state index in [0.29, 0.717) is 17.7 Å². The third-order valence-electron chi connectivity index (χ3n) is 7.03. The molecule has 160 valence electrons. The summed E-state index contributed by atoms with van der Waals surface area (Å²) in [5.74, 6) is 0.734. The third kappa shape index (κ3) is 5.28. The van der Waals surface area contributed by atoms with Gasteiger partial charge in [-0.1, -0.05) is 43.2 Å². The predicted octanol–water partition coefficient (Wildman–Crippen LogP) is 4.73. The number of piperidine rings is 1. The van der Waals surface area contributed by atoms with Gasteiger partial charge in [-0.2, -0.15) is 0 Å². The molecule has 30 heavy (non-hydrogen) atoms. The molecule has 4 nitrogen and oxygen atoms in total. The summed E-state index contributed by atoms with van der Waals surface area (Å²) >= 11 is 0. The Morgan fingerprint density at radius 1 is 1.03 bits per heavy atom. The van der Waals surface area contributed by atoms with Gasteiger partial charge >= 0.3 is 0 Å². The van der Waals surface area contributed by atoms with Crippen molar-refractivity contribution in [3.63, 3.8) is 0 Å². The SMILES string of the molecule is Cc1ccccc1CCN1CCC(CN(C(=O)c2ccccn2)C2CCCC2)CC1. The van der Waals surface area contributed by atoms with E-state index in [9.17, 15) is 4.79 Å². The lowest BCUT2D eigenvalue weighted by atomic mass is 9.94. The number of nitrogens with zero attached hydrogens (tertiary/aromatic N) is 3. The van der Waals surface area contributed by atoms with Crippen molar-refractivity contribution in [3.8, 4) is 0 Å². The second kappa shape index (κ2) is 10.2. The molecule has 0 N–H and O–H groups in total. The lowest BCUT2D eigenvalue weighted by molar-refractivity contribution is 0.0593. The van der Waals surface area contributed by atoms with Crippen molar-refractivity contribution in [2.24, 2.45) is 5.92 Å². The number of benzene rings is 1. The van der Waals surface area contributed by atoms with E-state index in [1.807, 2.05) is 18.2 Å². The Morgan fingerprint density at radius 3 is 2.47 bits per heavy atom. The van der Waals surface area contributed by atoms with Crippen molar-refractivity contribution in [1.29, 1.82) is 0 Å². The van der Waals surface area contributed by atoms with Crippen molar-refractivity contribution in [3.05, 3.63) is 65.5 Å². The second-order valence-corrected chi connectivity index (χ2v) is 9.07. The number of aromatic nitrogens is 1. The lowest BCUT2D eigenvalue weighted by Gasteiger charge is -2.37. The van der Waals surface area contributed by atoms with Crippen molar-refractivity contribution < 1.29 is 4.79 Å². The van der Waals surface area contributed by atoms with Crippen molar-refractivity contribution in [1.82, 2.24) is 14.8 Å². The summed E-state index contributed by atoms with van der Waals surface area (Å²) in [7, 11) is 0. The highest BCUT2D eigenvalue weighted by atomic mass is 16.2. The van der Waals surface area contributed by atoms with Crippen LogP contribution in [0, 0.1) is 12.8 Å². The van der Waals surface area contributed by atoms with Crippen molar-refractivity contribution in [2.75, 3.05) is 26.2 Å². The first-order valence-corrected chi connectivity index (χ1v) is 11.7. The standard InChI is InChI=1S/C26H35N3O/c1-21-8-2-3-9-23(21)15-19-28-17-13-22(14-18-28)20-29(24-10-4-5-11-24)26(30)25-12-6-7-16-27-25/h2-3,6-9,12,16,22,24H,4-5,10-11,13-15,17-20H2,1H3. The van der Waals surface area contributed by atoms with E-state index in [4.69, 9.17) is 0 Å². The molecule has 1 aliphatic carbocycles. The molecule has 0 unspecified atom stereocenters. The first-order valence-electron chi connectivity index (χ1n) is 11.7. The van der Waals surface area contributed by atoms with E-state index in [2.05, 4.69) is 46.0 Å². The highest BCUT2D eigenvalue weighted by molar-refractivity contribution is 5.92. The minimum absolute atomic E-state index is 0.129. The van der Waals surface area contributed by atoms with E-state index in [0.717, 1.165) is 45.4 Å². The number of pyridine rings is 1. The summed E-state index contributed by atoms with van der Waals surface area (Å²) in [5.41, 5.74) is 3.46. The molecule has 2 aromatic rings. The minimum atomic E-state index is 0.129. The molecule has 1 amide bonds. The zero-order valence-corrected chi connectivity index (χ0v) is 18.3. The Kier molecular flexibility index (Phi) is 7.16. The van der Waals surface area contributed by atoms with Crippen LogP contribution in [0.5, 0.6) is 0 Å². The van der Waals surface area contributed by atoms with E-state index in [-0.39, 0.29) is 5.91 Å². The Hall–Kier alpha value is -2.20. The topological polar surface area (TPSA) is 36.4 Å². The molecular formula is C26H35N3O. The van der Waals surface area contributed by atoms with E-state index < -0.39 is 0 Å². The van der Waals surface area contributed by atoms with Gasteiger partial charge in [-0.15, -0.1) is 0 Å². The summed E-state index contributed by atoms with van der Waals surface area (Å²) in [5, 5.41) is 0. The molecule has 0 radical (unpaired) electrons. The zero-order chi connectivity index (χ0) is 20.8. The number of amides is 1. The Balaban J connectivity index is 1.31. The van der Waals surface area contributed by atoms with Gasteiger partial charge in [0.1, 0.15) is 5.69 Å². The van der Waals surface area contributed by atoms with Gasteiger partial charge in [-0.25, -0.2) is 0 Å². The summed E-state index contributed by atoms with van der Waals surface area (Å²) in [6.07, 6.45) is 10.0. The molecule has 2 fully saturated rings. The molecular weight excluding hydrogens is 370 g/mol. The average Bonchev–Trinajstić information content (AvgIpc) is 3.32. The maximum absolute atomic E-state index is 13.2. The van der Waals surface area contributed by atoms with Crippen LogP contribution in [0.2, 0.25) is 0 Å². The monoisotopic (exact) mass is 405 g/mol. The number of carbonyl (C=O) groups excluding carboxylic acids is 1. The summed E-state index contributed by atoms with van der Waals surface area (Å²) in [6.45, 7) is 6.53. The van der Waals surface area contributed by atoms with E-state index in [1.54, 1.807) is 6.20 Å². The quantitative estimate of drug-likeness (QED) is 0.668. The number of aryl methyl sites for hydroxylation is 1. The molecule has 1 aliphatic heterocycles. The van der Waals surface area contributed by atoms with Crippen LogP contribution >= 0.6 is 0 Å². The molecule has 2 heterocycles. The van der Waals surface area contributed by atoms with Crippen LogP contribution in [0.4, 0.5) is 0 Å².